The Hall–Kier alpha value is -2.20. The van der Waals surface area contributed by atoms with E-state index in [1.165, 1.54) is 0 Å². The second-order valence-corrected chi connectivity index (χ2v) is 6.59. The van der Waals surface area contributed by atoms with E-state index in [-0.39, 0.29) is 25.2 Å². The molecule has 156 valence electrons. The highest BCUT2D eigenvalue weighted by Crippen LogP contribution is 2.08. The second kappa shape index (κ2) is 13.0. The zero-order valence-electron chi connectivity index (χ0n) is 15.9. The number of hydrogen-bond donors (Lipinski definition) is 6. The van der Waals surface area contributed by atoms with Crippen LogP contribution in [0.1, 0.15) is 52.4 Å². The maximum Gasteiger partial charge on any atom is 0.326 e. The van der Waals surface area contributed by atoms with E-state index in [0.29, 0.717) is 25.8 Å². The van der Waals surface area contributed by atoms with E-state index in [2.05, 4.69) is 10.6 Å². The van der Waals surface area contributed by atoms with Crippen LogP contribution in [0, 0.1) is 5.92 Å². The summed E-state index contributed by atoms with van der Waals surface area (Å²) in [4.78, 5) is 46.9. The van der Waals surface area contributed by atoms with Crippen LogP contribution in [0.4, 0.5) is 0 Å². The number of carboxylic acid groups (broad SMARTS) is 2. The van der Waals surface area contributed by atoms with Crippen LogP contribution in [-0.4, -0.2) is 58.6 Å². The molecule has 0 heterocycles. The molecule has 10 heteroatoms. The number of aliphatic carboxylic acids is 2. The van der Waals surface area contributed by atoms with Gasteiger partial charge in [0.15, 0.2) is 0 Å². The molecule has 0 aromatic rings. The van der Waals surface area contributed by atoms with Crippen molar-refractivity contribution in [2.45, 2.75) is 70.5 Å². The van der Waals surface area contributed by atoms with E-state index in [1.54, 1.807) is 6.92 Å². The lowest BCUT2D eigenvalue weighted by atomic mass is 9.98. The lowest BCUT2D eigenvalue weighted by Gasteiger charge is -2.24. The highest BCUT2D eigenvalue weighted by Gasteiger charge is 2.29. The van der Waals surface area contributed by atoms with Gasteiger partial charge in [0.2, 0.25) is 11.8 Å². The first-order valence-electron chi connectivity index (χ1n) is 9.14. The molecule has 0 aliphatic rings. The number of rotatable bonds is 14. The molecule has 27 heavy (non-hydrogen) atoms. The van der Waals surface area contributed by atoms with Crippen molar-refractivity contribution >= 4 is 23.8 Å². The standard InChI is InChI=1S/C17H32N4O6/c1-3-10(2)14(19)16(25)20-11(7-8-13(22)23)15(24)21-12(17(26)27)6-4-5-9-18/h10-12,14H,3-9,18-19H2,1-2H3,(H,20,25)(H,21,24)(H,22,23)(H,26,27). The van der Waals surface area contributed by atoms with Crippen molar-refractivity contribution in [3.05, 3.63) is 0 Å². The van der Waals surface area contributed by atoms with Crippen LogP contribution >= 0.6 is 0 Å². The maximum atomic E-state index is 12.5. The Morgan fingerprint density at radius 3 is 2.04 bits per heavy atom. The van der Waals surface area contributed by atoms with Gasteiger partial charge in [-0.2, -0.15) is 0 Å². The first kappa shape index (κ1) is 24.8. The van der Waals surface area contributed by atoms with Crippen LogP contribution in [0.25, 0.3) is 0 Å². The first-order valence-corrected chi connectivity index (χ1v) is 9.14. The van der Waals surface area contributed by atoms with Gasteiger partial charge in [0.1, 0.15) is 12.1 Å². The number of carbonyl (C=O) groups excluding carboxylic acids is 2. The summed E-state index contributed by atoms with van der Waals surface area (Å²) >= 11 is 0. The van der Waals surface area contributed by atoms with Crippen molar-refractivity contribution in [2.75, 3.05) is 6.54 Å². The monoisotopic (exact) mass is 388 g/mol. The van der Waals surface area contributed by atoms with Crippen LogP contribution in [-0.2, 0) is 19.2 Å². The van der Waals surface area contributed by atoms with Crippen LogP contribution < -0.4 is 22.1 Å². The summed E-state index contributed by atoms with van der Waals surface area (Å²) in [5.74, 6) is -3.80. The van der Waals surface area contributed by atoms with Crippen molar-refractivity contribution in [2.24, 2.45) is 17.4 Å². The molecule has 0 radical (unpaired) electrons. The summed E-state index contributed by atoms with van der Waals surface area (Å²) < 4.78 is 0. The maximum absolute atomic E-state index is 12.5. The molecule has 0 aliphatic carbocycles. The van der Waals surface area contributed by atoms with E-state index in [9.17, 15) is 24.3 Å². The zero-order chi connectivity index (χ0) is 21.0. The molecule has 0 aromatic carbocycles. The number of unbranched alkanes of at least 4 members (excludes halogenated alkanes) is 1. The molecular formula is C17H32N4O6. The van der Waals surface area contributed by atoms with E-state index in [1.807, 2.05) is 6.92 Å². The number of carboxylic acids is 2. The Morgan fingerprint density at radius 2 is 1.56 bits per heavy atom. The van der Waals surface area contributed by atoms with Crippen LogP contribution in [0.3, 0.4) is 0 Å². The minimum Gasteiger partial charge on any atom is -0.481 e. The van der Waals surface area contributed by atoms with Gasteiger partial charge in [-0.25, -0.2) is 4.79 Å². The fourth-order valence-corrected chi connectivity index (χ4v) is 2.34. The van der Waals surface area contributed by atoms with Crippen molar-refractivity contribution in [3.8, 4) is 0 Å². The highest BCUT2D eigenvalue weighted by atomic mass is 16.4. The van der Waals surface area contributed by atoms with Gasteiger partial charge in [0.05, 0.1) is 6.04 Å². The first-order chi connectivity index (χ1) is 12.6. The minimum atomic E-state index is -1.21. The Morgan fingerprint density at radius 1 is 0.963 bits per heavy atom. The van der Waals surface area contributed by atoms with Crippen molar-refractivity contribution < 1.29 is 29.4 Å². The quantitative estimate of drug-likeness (QED) is 0.213. The van der Waals surface area contributed by atoms with Gasteiger partial charge in [-0.15, -0.1) is 0 Å². The van der Waals surface area contributed by atoms with E-state index in [0.717, 1.165) is 0 Å². The summed E-state index contributed by atoms with van der Waals surface area (Å²) in [6, 6.07) is -3.17. The average molecular weight is 388 g/mol. The molecule has 8 N–H and O–H groups in total. The van der Waals surface area contributed by atoms with Gasteiger partial charge in [0, 0.05) is 6.42 Å². The molecule has 4 atom stereocenters. The second-order valence-electron chi connectivity index (χ2n) is 6.59. The fourth-order valence-electron chi connectivity index (χ4n) is 2.34. The van der Waals surface area contributed by atoms with Gasteiger partial charge in [0.25, 0.3) is 0 Å². The Labute approximate surface area is 159 Å². The van der Waals surface area contributed by atoms with E-state index >= 15 is 0 Å². The largest absolute Gasteiger partial charge is 0.481 e. The van der Waals surface area contributed by atoms with E-state index < -0.39 is 41.9 Å². The molecule has 4 unspecified atom stereocenters. The van der Waals surface area contributed by atoms with Crippen LogP contribution in [0.5, 0.6) is 0 Å². The predicted molar refractivity (Wildman–Crippen MR) is 98.7 cm³/mol. The molecule has 0 saturated heterocycles. The third-order valence-corrected chi connectivity index (χ3v) is 4.40. The zero-order valence-corrected chi connectivity index (χ0v) is 15.9. The number of nitrogens with two attached hydrogens (primary N) is 2. The van der Waals surface area contributed by atoms with Gasteiger partial charge in [-0.05, 0) is 38.1 Å². The number of hydrogen-bond acceptors (Lipinski definition) is 6. The summed E-state index contributed by atoms with van der Waals surface area (Å²) in [5, 5.41) is 22.9. The highest BCUT2D eigenvalue weighted by molar-refractivity contribution is 5.92. The molecule has 0 aliphatic heterocycles. The van der Waals surface area contributed by atoms with Crippen LogP contribution in [0.15, 0.2) is 0 Å². The fraction of sp³-hybridized carbons (Fsp3) is 0.765. The predicted octanol–water partition coefficient (Wildman–Crippen LogP) is -0.592. The van der Waals surface area contributed by atoms with Gasteiger partial charge in [-0.3, -0.25) is 14.4 Å². The molecule has 0 bridgehead atoms. The Balaban J connectivity index is 5.07. The third kappa shape index (κ3) is 9.90. The lowest BCUT2D eigenvalue weighted by molar-refractivity contribution is -0.143. The summed E-state index contributed by atoms with van der Waals surface area (Å²) in [7, 11) is 0. The summed E-state index contributed by atoms with van der Waals surface area (Å²) in [5.41, 5.74) is 11.2. The van der Waals surface area contributed by atoms with Crippen molar-refractivity contribution in [3.63, 3.8) is 0 Å². The van der Waals surface area contributed by atoms with Crippen molar-refractivity contribution in [1.82, 2.24) is 10.6 Å². The molecule has 0 saturated carbocycles. The lowest BCUT2D eigenvalue weighted by Crippen LogP contribution is -2.55. The molecule has 0 spiro atoms. The normalized spacial score (nSPS) is 15.3. The van der Waals surface area contributed by atoms with Crippen LogP contribution in [0.2, 0.25) is 0 Å². The van der Waals surface area contributed by atoms with Gasteiger partial charge in [-0.1, -0.05) is 20.3 Å². The summed E-state index contributed by atoms with van der Waals surface area (Å²) in [6.07, 6.45) is 1.44. The number of nitrogens with one attached hydrogen (secondary N) is 2. The smallest absolute Gasteiger partial charge is 0.326 e. The SMILES string of the molecule is CCC(C)C(N)C(=O)NC(CCC(=O)O)C(=O)NC(CCCCN)C(=O)O. The molecule has 0 rings (SSSR count). The molecule has 10 nitrogen and oxygen atoms in total. The third-order valence-electron chi connectivity index (χ3n) is 4.40. The Kier molecular flexibility index (Phi) is 12.0. The summed E-state index contributed by atoms with van der Waals surface area (Å²) in [6.45, 7) is 4.06. The number of carbonyl (C=O) groups is 4. The molecule has 2 amide bonds. The Bertz CT molecular complexity index is 514. The van der Waals surface area contributed by atoms with Gasteiger partial charge >= 0.3 is 11.9 Å². The topological polar surface area (TPSA) is 185 Å². The van der Waals surface area contributed by atoms with Crippen molar-refractivity contribution in [1.29, 1.82) is 0 Å². The van der Waals surface area contributed by atoms with E-state index in [4.69, 9.17) is 16.6 Å². The minimum absolute atomic E-state index is 0.129. The molecule has 0 fully saturated rings. The molecule has 0 aromatic heterocycles. The molecular weight excluding hydrogens is 356 g/mol. The average Bonchev–Trinajstić information content (AvgIpc) is 2.62. The van der Waals surface area contributed by atoms with Gasteiger partial charge < -0.3 is 32.3 Å². The number of amides is 2.